The molecule has 1 aromatic carbocycles. The number of hydrogen-bond donors (Lipinski definition) is 2. The molecular weight excluding hydrogens is 371 g/mol. The maximum atomic E-state index is 14.0. The van der Waals surface area contributed by atoms with Crippen molar-refractivity contribution in [3.63, 3.8) is 0 Å². The van der Waals surface area contributed by atoms with Crippen LogP contribution in [0.1, 0.15) is 19.5 Å². The zero-order valence-electron chi connectivity index (χ0n) is 14.6. The Hall–Kier alpha value is -2.26. The second-order valence-electron chi connectivity index (χ2n) is 6.23. The number of nitrogens with zero attached hydrogens (tertiary/aromatic N) is 1. The summed E-state index contributed by atoms with van der Waals surface area (Å²) in [5, 5.41) is 12.3. The van der Waals surface area contributed by atoms with Crippen LogP contribution in [-0.2, 0) is 6.54 Å². The summed E-state index contributed by atoms with van der Waals surface area (Å²) in [6.45, 7) is 3.68. The van der Waals surface area contributed by atoms with Gasteiger partial charge >= 0.3 is 6.36 Å². The minimum atomic E-state index is -5.00. The molecular formula is C18H19F5N2O2. The largest absolute Gasteiger partial charge is 0.573 e. The van der Waals surface area contributed by atoms with E-state index in [2.05, 4.69) is 15.0 Å². The standard InChI is InChI=1S/C18H19F5N2O2/c1-10(2)16(9-26)24-8-15-12(19)4-5-14(25-15)11-3-6-17(13(20)7-11)27-18(21,22)23/h3-7,10,16,24,26H,8-9H2,1-2H3/t16-/m0/s1. The molecule has 0 saturated heterocycles. The molecule has 1 aromatic heterocycles. The first-order chi connectivity index (χ1) is 12.6. The van der Waals surface area contributed by atoms with Gasteiger partial charge < -0.3 is 15.2 Å². The lowest BCUT2D eigenvalue weighted by molar-refractivity contribution is -0.275. The number of aromatic nitrogens is 1. The summed E-state index contributed by atoms with van der Waals surface area (Å²) in [5.74, 6) is -2.66. The monoisotopic (exact) mass is 390 g/mol. The minimum Gasteiger partial charge on any atom is -0.403 e. The smallest absolute Gasteiger partial charge is 0.403 e. The van der Waals surface area contributed by atoms with E-state index in [1.165, 1.54) is 12.1 Å². The highest BCUT2D eigenvalue weighted by Gasteiger charge is 2.32. The van der Waals surface area contributed by atoms with Crippen molar-refractivity contribution in [3.8, 4) is 17.0 Å². The van der Waals surface area contributed by atoms with Crippen LogP contribution < -0.4 is 10.1 Å². The number of aliphatic hydroxyl groups excluding tert-OH is 1. The Labute approximate surface area is 153 Å². The molecule has 0 saturated carbocycles. The summed E-state index contributed by atoms with van der Waals surface area (Å²) >= 11 is 0. The number of ether oxygens (including phenoxy) is 1. The van der Waals surface area contributed by atoms with E-state index in [1.807, 2.05) is 13.8 Å². The van der Waals surface area contributed by atoms with Gasteiger partial charge in [0, 0.05) is 18.2 Å². The molecule has 0 radical (unpaired) electrons. The van der Waals surface area contributed by atoms with E-state index >= 15 is 0 Å². The molecule has 0 unspecified atom stereocenters. The zero-order chi connectivity index (χ0) is 20.2. The summed E-state index contributed by atoms with van der Waals surface area (Å²) < 4.78 is 68.1. The second-order valence-corrected chi connectivity index (χ2v) is 6.23. The Morgan fingerprint density at radius 3 is 2.37 bits per heavy atom. The molecule has 0 aliphatic carbocycles. The Kier molecular flexibility index (Phi) is 6.72. The van der Waals surface area contributed by atoms with Gasteiger partial charge in [-0.1, -0.05) is 13.8 Å². The molecule has 0 fully saturated rings. The highest BCUT2D eigenvalue weighted by atomic mass is 19.4. The molecule has 9 heteroatoms. The SMILES string of the molecule is CC(C)[C@H](CO)NCc1nc(-c2ccc(OC(F)(F)F)c(F)c2)ccc1F. The highest BCUT2D eigenvalue weighted by Crippen LogP contribution is 2.29. The van der Waals surface area contributed by atoms with Crippen molar-refractivity contribution in [2.24, 2.45) is 5.92 Å². The first-order valence-corrected chi connectivity index (χ1v) is 8.16. The van der Waals surface area contributed by atoms with Crippen LogP contribution in [0.3, 0.4) is 0 Å². The number of nitrogens with one attached hydrogen (secondary N) is 1. The van der Waals surface area contributed by atoms with Crippen LogP contribution in [0.25, 0.3) is 11.3 Å². The molecule has 4 nitrogen and oxygen atoms in total. The molecule has 2 aromatic rings. The molecule has 0 bridgehead atoms. The lowest BCUT2D eigenvalue weighted by Crippen LogP contribution is -2.36. The molecule has 1 atom stereocenters. The predicted octanol–water partition coefficient (Wildman–Crippen LogP) is 4.03. The van der Waals surface area contributed by atoms with Gasteiger partial charge in [-0.25, -0.2) is 13.8 Å². The number of hydrogen-bond acceptors (Lipinski definition) is 4. The van der Waals surface area contributed by atoms with E-state index < -0.39 is 23.7 Å². The first-order valence-electron chi connectivity index (χ1n) is 8.16. The molecule has 2 rings (SSSR count). The van der Waals surface area contributed by atoms with Crippen molar-refractivity contribution in [2.45, 2.75) is 32.8 Å². The van der Waals surface area contributed by atoms with Crippen molar-refractivity contribution in [2.75, 3.05) is 6.61 Å². The second kappa shape index (κ2) is 8.62. The van der Waals surface area contributed by atoms with Crippen LogP contribution in [0.2, 0.25) is 0 Å². The van der Waals surface area contributed by atoms with Gasteiger partial charge in [0.1, 0.15) is 5.82 Å². The lowest BCUT2D eigenvalue weighted by Gasteiger charge is -2.20. The van der Waals surface area contributed by atoms with Gasteiger partial charge in [-0.05, 0) is 36.2 Å². The topological polar surface area (TPSA) is 54.4 Å². The van der Waals surface area contributed by atoms with Crippen LogP contribution >= 0.6 is 0 Å². The molecule has 0 amide bonds. The molecule has 2 N–H and O–H groups in total. The van der Waals surface area contributed by atoms with Crippen LogP contribution in [0, 0.1) is 17.6 Å². The summed E-state index contributed by atoms with van der Waals surface area (Å²) in [6.07, 6.45) is -5.00. The number of alkyl halides is 3. The van der Waals surface area contributed by atoms with E-state index in [4.69, 9.17) is 0 Å². The Balaban J connectivity index is 2.23. The average molecular weight is 390 g/mol. The van der Waals surface area contributed by atoms with E-state index in [9.17, 15) is 27.1 Å². The number of pyridine rings is 1. The predicted molar refractivity (Wildman–Crippen MR) is 88.8 cm³/mol. The van der Waals surface area contributed by atoms with Crippen LogP contribution in [0.4, 0.5) is 22.0 Å². The zero-order valence-corrected chi connectivity index (χ0v) is 14.6. The Bertz CT molecular complexity index is 781. The average Bonchev–Trinajstić information content (AvgIpc) is 2.57. The Morgan fingerprint density at radius 1 is 1.11 bits per heavy atom. The van der Waals surface area contributed by atoms with Crippen molar-refractivity contribution in [1.29, 1.82) is 0 Å². The van der Waals surface area contributed by atoms with E-state index in [-0.39, 0.29) is 42.1 Å². The normalized spacial score (nSPS) is 13.1. The van der Waals surface area contributed by atoms with Crippen molar-refractivity contribution >= 4 is 0 Å². The summed E-state index contributed by atoms with van der Waals surface area (Å²) in [6, 6.07) is 5.05. The van der Waals surface area contributed by atoms with Crippen molar-refractivity contribution in [3.05, 3.63) is 47.7 Å². The minimum absolute atomic E-state index is 0.0286. The third-order valence-corrected chi connectivity index (χ3v) is 3.91. The van der Waals surface area contributed by atoms with Gasteiger partial charge in [0.05, 0.1) is 18.0 Å². The van der Waals surface area contributed by atoms with Gasteiger partial charge in [0.15, 0.2) is 11.6 Å². The molecule has 0 spiro atoms. The van der Waals surface area contributed by atoms with Crippen molar-refractivity contribution in [1.82, 2.24) is 10.3 Å². The van der Waals surface area contributed by atoms with Gasteiger partial charge in [-0.3, -0.25) is 0 Å². The quantitative estimate of drug-likeness (QED) is 0.701. The summed E-state index contributed by atoms with van der Waals surface area (Å²) in [4.78, 5) is 4.10. The molecule has 0 aliphatic rings. The summed E-state index contributed by atoms with van der Waals surface area (Å²) in [5.41, 5.74) is 0.407. The van der Waals surface area contributed by atoms with E-state index in [0.29, 0.717) is 0 Å². The van der Waals surface area contributed by atoms with Crippen LogP contribution in [0.15, 0.2) is 30.3 Å². The number of benzene rings is 1. The van der Waals surface area contributed by atoms with Gasteiger partial charge in [0.2, 0.25) is 0 Å². The molecule has 0 aliphatic heterocycles. The van der Waals surface area contributed by atoms with Crippen molar-refractivity contribution < 1.29 is 31.8 Å². The van der Waals surface area contributed by atoms with E-state index in [0.717, 1.165) is 18.2 Å². The fourth-order valence-electron chi connectivity index (χ4n) is 2.38. The fraction of sp³-hybridized carbons (Fsp3) is 0.389. The first kappa shape index (κ1) is 21.0. The lowest BCUT2D eigenvalue weighted by atomic mass is 10.1. The van der Waals surface area contributed by atoms with Crippen LogP contribution in [0.5, 0.6) is 5.75 Å². The van der Waals surface area contributed by atoms with Gasteiger partial charge in [-0.2, -0.15) is 0 Å². The third-order valence-electron chi connectivity index (χ3n) is 3.91. The van der Waals surface area contributed by atoms with E-state index in [1.54, 1.807) is 0 Å². The number of rotatable bonds is 7. The molecule has 27 heavy (non-hydrogen) atoms. The number of aliphatic hydroxyl groups is 1. The van der Waals surface area contributed by atoms with Crippen LogP contribution in [-0.4, -0.2) is 29.1 Å². The maximum absolute atomic E-state index is 14.0. The molecule has 1 heterocycles. The maximum Gasteiger partial charge on any atom is 0.573 e. The molecule has 148 valence electrons. The third kappa shape index (κ3) is 5.86. The van der Waals surface area contributed by atoms with Gasteiger partial charge in [0.25, 0.3) is 0 Å². The van der Waals surface area contributed by atoms with Gasteiger partial charge in [-0.15, -0.1) is 13.2 Å². The number of halogens is 5. The fourth-order valence-corrected chi connectivity index (χ4v) is 2.38. The Morgan fingerprint density at radius 2 is 1.81 bits per heavy atom. The summed E-state index contributed by atoms with van der Waals surface area (Å²) in [7, 11) is 0. The highest BCUT2D eigenvalue weighted by molar-refractivity contribution is 5.60.